The summed E-state index contributed by atoms with van der Waals surface area (Å²) in [6.45, 7) is 27.7. The number of pyridine rings is 1. The van der Waals surface area contributed by atoms with Crippen LogP contribution in [-0.4, -0.2) is 98.9 Å². The first-order valence-corrected chi connectivity index (χ1v) is 30.4. The van der Waals surface area contributed by atoms with E-state index in [1.54, 1.807) is 11.9 Å². The Hall–Kier alpha value is -5.42. The van der Waals surface area contributed by atoms with Crippen molar-refractivity contribution >= 4 is 63.6 Å². The highest BCUT2D eigenvalue weighted by atomic mass is 32.1. The van der Waals surface area contributed by atoms with Crippen LogP contribution in [0.4, 0.5) is 9.93 Å². The fourth-order valence-corrected chi connectivity index (χ4v) is 14.5. The van der Waals surface area contributed by atoms with E-state index >= 15 is 0 Å². The summed E-state index contributed by atoms with van der Waals surface area (Å²) in [6, 6.07) is 18.7. The van der Waals surface area contributed by atoms with Gasteiger partial charge in [0.05, 0.1) is 45.4 Å². The Morgan fingerprint density at radius 1 is 0.849 bits per heavy atom. The Balaban J connectivity index is 1.01. The standard InChI is InChI=1S/C57H75N7O7SSi/c1-37-41(27-58-64(37)35-56-30-54(8)29-55(9,31-56)33-57(32-54,34-56)69-23-22-62(10)51(67)71-53(5,6)7)39-19-20-43(59-47(39)49(66)70-52(2,3)4)38-18-21-45-40(26-38)42(28-63(45)36-68-24-25-73(11,12)13)48(65)61-50-60-44-16-14-15-17-46(44)72-50/h14-21,26-28H,22-25,29-36H2,1-13H3,(H,60,61,65). The molecule has 4 aromatic heterocycles. The maximum atomic E-state index is 14.3. The molecule has 4 saturated carbocycles. The highest BCUT2D eigenvalue weighted by molar-refractivity contribution is 7.22. The van der Waals surface area contributed by atoms with Gasteiger partial charge in [-0.3, -0.25) is 14.8 Å². The molecule has 1 N–H and O–H groups in total. The number of carbonyl (C=O) groups excluding carboxylic acids is 3. The molecule has 4 aliphatic carbocycles. The van der Waals surface area contributed by atoms with E-state index in [-0.39, 0.29) is 39.5 Å². The van der Waals surface area contributed by atoms with Crippen molar-refractivity contribution in [3.63, 3.8) is 0 Å². The maximum Gasteiger partial charge on any atom is 0.410 e. The van der Waals surface area contributed by atoms with E-state index in [1.165, 1.54) is 11.3 Å². The molecule has 4 aliphatic rings. The summed E-state index contributed by atoms with van der Waals surface area (Å²) >= 11 is 1.43. The first-order chi connectivity index (χ1) is 34.1. The monoisotopic (exact) mass is 1030 g/mol. The number of anilines is 1. The van der Waals surface area contributed by atoms with Crippen LogP contribution in [0.5, 0.6) is 0 Å². The normalized spacial score (nSPS) is 22.8. The summed E-state index contributed by atoms with van der Waals surface area (Å²) in [5.41, 5.74) is 4.55. The van der Waals surface area contributed by atoms with Crippen LogP contribution in [0.15, 0.2) is 67.0 Å². The molecule has 0 spiro atoms. The van der Waals surface area contributed by atoms with Gasteiger partial charge in [0.2, 0.25) is 0 Å². The van der Waals surface area contributed by atoms with Crippen molar-refractivity contribution in [3.05, 3.63) is 83.9 Å². The molecule has 6 aromatic rings. The third-order valence-electron chi connectivity index (χ3n) is 14.7. The molecule has 2 amide bonds. The summed E-state index contributed by atoms with van der Waals surface area (Å²) in [6.07, 6.45) is 9.60. The Labute approximate surface area is 435 Å². The predicted molar refractivity (Wildman–Crippen MR) is 292 cm³/mol. The Morgan fingerprint density at radius 2 is 1.56 bits per heavy atom. The van der Waals surface area contributed by atoms with Crippen molar-refractivity contribution in [2.45, 2.75) is 157 Å². The van der Waals surface area contributed by atoms with Crippen LogP contribution in [0.25, 0.3) is 43.5 Å². The van der Waals surface area contributed by atoms with Gasteiger partial charge in [-0.25, -0.2) is 19.6 Å². The van der Waals surface area contributed by atoms with Gasteiger partial charge in [-0.1, -0.05) is 63.0 Å². The summed E-state index contributed by atoms with van der Waals surface area (Å²) in [4.78, 5) is 52.7. The molecule has 4 fully saturated rings. The number of hydrogen-bond acceptors (Lipinski definition) is 11. The molecule has 2 unspecified atom stereocenters. The van der Waals surface area contributed by atoms with Crippen molar-refractivity contribution in [3.8, 4) is 22.4 Å². The number of ether oxygens (including phenoxy) is 4. The van der Waals surface area contributed by atoms with Gasteiger partial charge in [0.15, 0.2) is 10.8 Å². The number of carbonyl (C=O) groups is 3. The fourth-order valence-electron chi connectivity index (χ4n) is 12.9. The highest BCUT2D eigenvalue weighted by Gasteiger charge is 2.66. The lowest BCUT2D eigenvalue weighted by Gasteiger charge is -2.69. The molecule has 14 nitrogen and oxygen atoms in total. The number of amides is 2. The lowest BCUT2D eigenvalue weighted by molar-refractivity contribution is -0.248. The molecule has 73 heavy (non-hydrogen) atoms. The number of hydrogen-bond donors (Lipinski definition) is 1. The van der Waals surface area contributed by atoms with Crippen LogP contribution in [0.2, 0.25) is 25.7 Å². The molecule has 4 heterocycles. The topological polar surface area (TPSA) is 152 Å². The zero-order chi connectivity index (χ0) is 52.5. The first kappa shape index (κ1) is 52.4. The van der Waals surface area contributed by atoms with Gasteiger partial charge in [-0.05, 0) is 146 Å². The SMILES string of the molecule is Cc1c(-c2ccc(-c3ccc4c(c3)c(C(=O)Nc3nc5ccccc5s3)cn4COCC[Si](C)(C)C)nc2C(=O)OC(C)(C)C)cnn1CC12CC3(C)CC(C)(C1)CC(OCCN(C)C(=O)OC(C)(C)C)(C3)C2. The minimum atomic E-state index is -1.32. The number of para-hydroxylation sites is 1. The van der Waals surface area contributed by atoms with Crippen molar-refractivity contribution in [1.29, 1.82) is 0 Å². The summed E-state index contributed by atoms with van der Waals surface area (Å²) in [5.74, 6) is -0.816. The molecule has 2 atom stereocenters. The predicted octanol–water partition coefficient (Wildman–Crippen LogP) is 13.0. The van der Waals surface area contributed by atoms with Gasteiger partial charge >= 0.3 is 12.1 Å². The third kappa shape index (κ3) is 11.6. The van der Waals surface area contributed by atoms with E-state index in [2.05, 4.69) is 55.4 Å². The average Bonchev–Trinajstić information content (AvgIpc) is 3.95. The molecule has 2 aromatic carbocycles. The van der Waals surface area contributed by atoms with Crippen molar-refractivity contribution < 1.29 is 33.3 Å². The molecular weight excluding hydrogens is 955 g/mol. The quantitative estimate of drug-likeness (QED) is 0.0563. The number of esters is 1. The molecule has 0 radical (unpaired) electrons. The number of thiazole rings is 1. The second-order valence-electron chi connectivity index (χ2n) is 25.5. The molecule has 0 aliphatic heterocycles. The van der Waals surface area contributed by atoms with Crippen LogP contribution in [0.3, 0.4) is 0 Å². The number of fused-ring (bicyclic) bond motifs is 2. The Bertz CT molecular complexity index is 3030. The Morgan fingerprint density at radius 3 is 2.25 bits per heavy atom. The Kier molecular flexibility index (Phi) is 13.7. The second kappa shape index (κ2) is 19.1. The number of likely N-dealkylation sites (N-methyl/N-ethyl adjacent to an activating group) is 1. The van der Waals surface area contributed by atoms with Gasteiger partial charge in [0.1, 0.15) is 17.9 Å². The average molecular weight is 1030 g/mol. The largest absolute Gasteiger partial charge is 0.455 e. The van der Waals surface area contributed by atoms with Gasteiger partial charge in [-0.15, -0.1) is 0 Å². The minimum Gasteiger partial charge on any atom is -0.455 e. The minimum absolute atomic E-state index is 0.0543. The van der Waals surface area contributed by atoms with E-state index in [9.17, 15) is 14.4 Å². The number of aromatic nitrogens is 5. The zero-order valence-electron chi connectivity index (χ0n) is 45.3. The van der Waals surface area contributed by atoms with Gasteiger partial charge in [-0.2, -0.15) is 5.10 Å². The van der Waals surface area contributed by atoms with Crippen LogP contribution >= 0.6 is 11.3 Å². The van der Waals surface area contributed by atoms with Crippen molar-refractivity contribution in [1.82, 2.24) is 29.2 Å². The lowest BCUT2D eigenvalue weighted by atomic mass is 9.39. The molecule has 0 saturated heterocycles. The van der Waals surface area contributed by atoms with E-state index in [0.29, 0.717) is 48.4 Å². The van der Waals surface area contributed by atoms with Crippen LogP contribution in [-0.2, 0) is 32.2 Å². The first-order valence-electron chi connectivity index (χ1n) is 25.8. The van der Waals surface area contributed by atoms with Gasteiger partial charge < -0.3 is 28.4 Å². The van der Waals surface area contributed by atoms with Crippen LogP contribution < -0.4 is 5.32 Å². The number of nitrogens with zero attached hydrogens (tertiary/aromatic N) is 6. The smallest absolute Gasteiger partial charge is 0.410 e. The third-order valence-corrected chi connectivity index (χ3v) is 17.4. The summed E-state index contributed by atoms with van der Waals surface area (Å²) in [5, 5.41) is 9.35. The fraction of sp³-hybridized carbons (Fsp3) is 0.544. The number of nitrogens with one attached hydrogen (secondary N) is 1. The maximum absolute atomic E-state index is 14.3. The lowest BCUT2D eigenvalue weighted by Crippen LogP contribution is -2.64. The van der Waals surface area contributed by atoms with Crippen molar-refractivity contribution in [2.75, 3.05) is 32.1 Å². The van der Waals surface area contributed by atoms with Crippen LogP contribution in [0, 0.1) is 23.2 Å². The van der Waals surface area contributed by atoms with E-state index in [1.807, 2.05) is 113 Å². The molecule has 10 rings (SSSR count). The van der Waals surface area contributed by atoms with Gasteiger partial charge in [0, 0.05) is 68.8 Å². The molecular formula is C57H75N7O7SSi. The summed E-state index contributed by atoms with van der Waals surface area (Å²) in [7, 11) is 0.451. The zero-order valence-corrected chi connectivity index (χ0v) is 47.1. The molecule has 16 heteroatoms. The molecule has 390 valence electrons. The summed E-state index contributed by atoms with van der Waals surface area (Å²) < 4.78 is 29.9. The van der Waals surface area contributed by atoms with Gasteiger partial charge in [0.25, 0.3) is 5.91 Å². The van der Waals surface area contributed by atoms with Crippen LogP contribution in [0.1, 0.15) is 120 Å². The molecule has 4 bridgehead atoms. The highest BCUT2D eigenvalue weighted by Crippen LogP contribution is 2.72. The van der Waals surface area contributed by atoms with E-state index in [4.69, 9.17) is 29.0 Å². The van der Waals surface area contributed by atoms with E-state index in [0.717, 1.165) is 89.1 Å². The second-order valence-corrected chi connectivity index (χ2v) is 32.2. The van der Waals surface area contributed by atoms with E-state index < -0.39 is 25.2 Å². The number of rotatable bonds is 16. The van der Waals surface area contributed by atoms with Crippen molar-refractivity contribution in [2.24, 2.45) is 16.2 Å². The number of benzene rings is 2.